The molecule has 180 valence electrons. The molecule has 0 aliphatic rings. The molecule has 1 heterocycles. The highest BCUT2D eigenvalue weighted by Crippen LogP contribution is 2.23. The predicted octanol–water partition coefficient (Wildman–Crippen LogP) is 6.81. The van der Waals surface area contributed by atoms with Crippen LogP contribution >= 0.6 is 0 Å². The van der Waals surface area contributed by atoms with Crippen LogP contribution in [0, 0.1) is 20.8 Å². The minimum absolute atomic E-state index is 0.158. The number of aromatic nitrogens is 2. The van der Waals surface area contributed by atoms with Crippen LogP contribution in [0.1, 0.15) is 63.8 Å². The Kier molecular flexibility index (Phi) is 7.35. The van der Waals surface area contributed by atoms with Crippen molar-refractivity contribution in [2.24, 2.45) is 0 Å². The van der Waals surface area contributed by atoms with Gasteiger partial charge in [-0.25, -0.2) is 0 Å². The predicted molar refractivity (Wildman–Crippen MR) is 141 cm³/mol. The molecule has 1 amide bonds. The van der Waals surface area contributed by atoms with Gasteiger partial charge in [0.05, 0.1) is 23.6 Å². The van der Waals surface area contributed by atoms with Gasteiger partial charge < -0.3 is 10.1 Å². The van der Waals surface area contributed by atoms with E-state index >= 15 is 0 Å². The van der Waals surface area contributed by atoms with Crippen LogP contribution in [0.15, 0.2) is 72.8 Å². The van der Waals surface area contributed by atoms with Crippen molar-refractivity contribution in [3.05, 3.63) is 112 Å². The van der Waals surface area contributed by atoms with Gasteiger partial charge in [-0.1, -0.05) is 67.9 Å². The van der Waals surface area contributed by atoms with E-state index < -0.39 is 0 Å². The molecule has 1 N–H and O–H groups in total. The summed E-state index contributed by atoms with van der Waals surface area (Å²) >= 11 is 0. The molecule has 0 atom stereocenters. The zero-order valence-electron chi connectivity index (χ0n) is 21.1. The van der Waals surface area contributed by atoms with Crippen molar-refractivity contribution in [3.63, 3.8) is 0 Å². The van der Waals surface area contributed by atoms with Crippen LogP contribution in [0.25, 0.3) is 0 Å². The highest BCUT2D eigenvalue weighted by molar-refractivity contribution is 6.05. The van der Waals surface area contributed by atoms with Gasteiger partial charge in [0.15, 0.2) is 0 Å². The van der Waals surface area contributed by atoms with Crippen LogP contribution in [0.2, 0.25) is 0 Å². The molecule has 0 saturated heterocycles. The minimum atomic E-state index is -0.158. The Bertz CT molecular complexity index is 1300. The van der Waals surface area contributed by atoms with Gasteiger partial charge in [-0.3, -0.25) is 9.48 Å². The zero-order valence-corrected chi connectivity index (χ0v) is 21.1. The summed E-state index contributed by atoms with van der Waals surface area (Å²) in [7, 11) is 0. The van der Waals surface area contributed by atoms with E-state index in [1.54, 1.807) is 0 Å². The van der Waals surface area contributed by atoms with Crippen LogP contribution < -0.4 is 10.1 Å². The van der Waals surface area contributed by atoms with Gasteiger partial charge in [0.1, 0.15) is 12.4 Å². The summed E-state index contributed by atoms with van der Waals surface area (Å²) in [5.41, 5.74) is 7.70. The van der Waals surface area contributed by atoms with Crippen molar-refractivity contribution in [2.75, 3.05) is 5.32 Å². The fourth-order valence-corrected chi connectivity index (χ4v) is 4.00. The quantitative estimate of drug-likeness (QED) is 0.310. The number of aryl methyl sites for hydroxylation is 2. The number of nitrogens with one attached hydrogen (secondary N) is 1. The van der Waals surface area contributed by atoms with Crippen molar-refractivity contribution >= 4 is 11.6 Å². The molecule has 3 aromatic carbocycles. The van der Waals surface area contributed by atoms with Crippen LogP contribution in [0.4, 0.5) is 5.69 Å². The van der Waals surface area contributed by atoms with Crippen molar-refractivity contribution < 1.29 is 9.53 Å². The van der Waals surface area contributed by atoms with Crippen molar-refractivity contribution in [3.8, 4) is 5.75 Å². The molecule has 5 nitrogen and oxygen atoms in total. The first-order valence-electron chi connectivity index (χ1n) is 12.0. The lowest BCUT2D eigenvalue weighted by Gasteiger charge is -2.11. The Morgan fingerprint density at radius 2 is 1.66 bits per heavy atom. The molecule has 0 radical (unpaired) electrons. The molecule has 5 heteroatoms. The fourth-order valence-electron chi connectivity index (χ4n) is 4.00. The maximum absolute atomic E-state index is 13.1. The summed E-state index contributed by atoms with van der Waals surface area (Å²) in [6, 6.07) is 24.1. The van der Waals surface area contributed by atoms with E-state index in [2.05, 4.69) is 67.6 Å². The second kappa shape index (κ2) is 10.6. The van der Waals surface area contributed by atoms with E-state index in [1.807, 2.05) is 54.9 Å². The first-order valence-corrected chi connectivity index (χ1v) is 12.0. The maximum Gasteiger partial charge on any atom is 0.255 e. The average molecular weight is 468 g/mol. The number of amides is 1. The second-order valence-corrected chi connectivity index (χ2v) is 9.36. The van der Waals surface area contributed by atoms with Crippen molar-refractivity contribution in [1.29, 1.82) is 0 Å². The number of hydrogen-bond acceptors (Lipinski definition) is 3. The number of anilines is 1. The summed E-state index contributed by atoms with van der Waals surface area (Å²) in [5.74, 6) is 1.15. The van der Waals surface area contributed by atoms with Crippen molar-refractivity contribution in [2.45, 2.75) is 53.7 Å². The van der Waals surface area contributed by atoms with Crippen LogP contribution in [-0.4, -0.2) is 15.7 Å². The number of ether oxygens (including phenoxy) is 1. The molecular formula is C30H33N3O2. The van der Waals surface area contributed by atoms with Crippen LogP contribution in [0.3, 0.4) is 0 Å². The number of carbonyl (C=O) groups excluding carboxylic acids is 1. The van der Waals surface area contributed by atoms with Gasteiger partial charge in [-0.2, -0.15) is 5.10 Å². The van der Waals surface area contributed by atoms with Gasteiger partial charge in [0.25, 0.3) is 5.91 Å². The Labute approximate surface area is 207 Å². The molecule has 0 aliphatic heterocycles. The molecule has 0 spiro atoms. The van der Waals surface area contributed by atoms with Crippen molar-refractivity contribution in [1.82, 2.24) is 9.78 Å². The molecule has 0 fully saturated rings. The molecule has 1 aromatic heterocycles. The van der Waals surface area contributed by atoms with Gasteiger partial charge in [0, 0.05) is 5.56 Å². The Morgan fingerprint density at radius 3 is 2.34 bits per heavy atom. The Balaban J connectivity index is 1.42. The second-order valence-electron chi connectivity index (χ2n) is 9.36. The standard InChI is InChI=1S/C30H33N3O2/c1-20(2)26-13-15-28(16-14-26)35-19-25-7-6-8-27(17-25)30(34)31-29-22(4)32-33(23(29)5)18-24-11-9-21(3)10-12-24/h6-17,20H,18-19H2,1-5H3,(H,31,34). The lowest BCUT2D eigenvalue weighted by molar-refractivity contribution is 0.102. The maximum atomic E-state index is 13.1. The number of benzene rings is 3. The van der Waals surface area contributed by atoms with Gasteiger partial charge in [-0.15, -0.1) is 0 Å². The highest BCUT2D eigenvalue weighted by Gasteiger charge is 2.16. The number of nitrogens with zero attached hydrogens (tertiary/aromatic N) is 2. The zero-order chi connectivity index (χ0) is 24.9. The van der Waals surface area contributed by atoms with Gasteiger partial charge in [0.2, 0.25) is 0 Å². The summed E-state index contributed by atoms with van der Waals surface area (Å²) in [6.07, 6.45) is 0. The Morgan fingerprint density at radius 1 is 0.943 bits per heavy atom. The topological polar surface area (TPSA) is 56.2 Å². The van der Waals surface area contributed by atoms with E-state index in [-0.39, 0.29) is 5.91 Å². The lowest BCUT2D eigenvalue weighted by Crippen LogP contribution is -2.14. The number of hydrogen-bond donors (Lipinski definition) is 1. The smallest absolute Gasteiger partial charge is 0.255 e. The highest BCUT2D eigenvalue weighted by atomic mass is 16.5. The van der Waals surface area contributed by atoms with Gasteiger partial charge >= 0.3 is 0 Å². The number of rotatable bonds is 8. The van der Waals surface area contributed by atoms with Crippen LogP contribution in [0.5, 0.6) is 5.75 Å². The first-order chi connectivity index (χ1) is 16.8. The molecule has 0 aliphatic carbocycles. The number of carbonyl (C=O) groups is 1. The monoisotopic (exact) mass is 467 g/mol. The summed E-state index contributed by atoms with van der Waals surface area (Å²) < 4.78 is 7.88. The molecule has 0 bridgehead atoms. The SMILES string of the molecule is Cc1ccc(Cn2nc(C)c(NC(=O)c3cccc(COc4ccc(C(C)C)cc4)c3)c2C)cc1. The third kappa shape index (κ3) is 5.99. The Hall–Kier alpha value is -3.86. The van der Waals surface area contributed by atoms with E-state index in [4.69, 9.17) is 4.74 Å². The molecule has 4 aromatic rings. The molecule has 0 unspecified atom stereocenters. The molecular weight excluding hydrogens is 434 g/mol. The normalized spacial score (nSPS) is 11.0. The largest absolute Gasteiger partial charge is 0.489 e. The van der Waals surface area contributed by atoms with E-state index in [0.717, 1.165) is 28.4 Å². The lowest BCUT2D eigenvalue weighted by atomic mass is 10.0. The first kappa shape index (κ1) is 24.3. The summed E-state index contributed by atoms with van der Waals surface area (Å²) in [5, 5.41) is 7.72. The molecule has 4 rings (SSSR count). The van der Waals surface area contributed by atoms with E-state index in [0.29, 0.717) is 24.6 Å². The molecule has 35 heavy (non-hydrogen) atoms. The third-order valence-corrected chi connectivity index (χ3v) is 6.21. The molecule has 0 saturated carbocycles. The van der Waals surface area contributed by atoms with E-state index in [1.165, 1.54) is 16.7 Å². The van der Waals surface area contributed by atoms with E-state index in [9.17, 15) is 4.79 Å². The summed E-state index contributed by atoms with van der Waals surface area (Å²) in [6.45, 7) is 11.4. The van der Waals surface area contributed by atoms with Gasteiger partial charge in [-0.05, 0) is 67.6 Å². The fraction of sp³-hybridized carbons (Fsp3) is 0.267. The average Bonchev–Trinajstić information content (AvgIpc) is 3.11. The minimum Gasteiger partial charge on any atom is -0.489 e. The van der Waals surface area contributed by atoms with Crippen LogP contribution in [-0.2, 0) is 13.2 Å². The third-order valence-electron chi connectivity index (χ3n) is 6.21. The summed E-state index contributed by atoms with van der Waals surface area (Å²) in [4.78, 5) is 13.1.